The van der Waals surface area contributed by atoms with Crippen molar-refractivity contribution >= 4 is 57.9 Å². The van der Waals surface area contributed by atoms with Gasteiger partial charge in [-0.05, 0) is 73.6 Å². The lowest BCUT2D eigenvalue weighted by Crippen LogP contribution is -2.27. The van der Waals surface area contributed by atoms with E-state index in [1.807, 2.05) is 36.6 Å². The molecule has 29 heavy (non-hydrogen) atoms. The first kappa shape index (κ1) is 19.8. The van der Waals surface area contributed by atoms with Gasteiger partial charge in [0.25, 0.3) is 11.1 Å². The van der Waals surface area contributed by atoms with E-state index in [1.54, 1.807) is 42.5 Å². The van der Waals surface area contributed by atoms with Crippen molar-refractivity contribution in [1.29, 1.82) is 0 Å². The molecule has 2 aromatic carbocycles. The summed E-state index contributed by atoms with van der Waals surface area (Å²) in [6.45, 7) is 3.94. The zero-order valence-corrected chi connectivity index (χ0v) is 18.0. The van der Waals surface area contributed by atoms with Crippen LogP contribution in [0, 0.1) is 13.8 Å². The molecule has 2 amide bonds. The van der Waals surface area contributed by atoms with Gasteiger partial charge >= 0.3 is 0 Å². The van der Waals surface area contributed by atoms with Crippen LogP contribution in [0.25, 0.3) is 11.8 Å². The van der Waals surface area contributed by atoms with Crippen molar-refractivity contribution in [2.24, 2.45) is 0 Å². The van der Waals surface area contributed by atoms with Crippen molar-refractivity contribution in [3.63, 3.8) is 0 Å². The van der Waals surface area contributed by atoms with Gasteiger partial charge in [0.1, 0.15) is 0 Å². The molecule has 4 rings (SSSR count). The fourth-order valence-corrected chi connectivity index (χ4v) is 4.49. The molecular formula is C22H16Cl2N2O2S. The van der Waals surface area contributed by atoms with E-state index in [2.05, 4.69) is 0 Å². The van der Waals surface area contributed by atoms with E-state index in [4.69, 9.17) is 23.2 Å². The maximum Gasteiger partial charge on any atom is 0.298 e. The number of thioether (sulfide) groups is 1. The molecule has 0 N–H and O–H groups in total. The number of carbonyl (C=O) groups excluding carboxylic acids is 2. The maximum absolute atomic E-state index is 12.9. The van der Waals surface area contributed by atoms with E-state index in [9.17, 15) is 9.59 Å². The van der Waals surface area contributed by atoms with E-state index < -0.39 is 0 Å². The van der Waals surface area contributed by atoms with Gasteiger partial charge in [-0.2, -0.15) is 0 Å². The minimum atomic E-state index is -0.314. The first-order chi connectivity index (χ1) is 13.9. The molecule has 1 fully saturated rings. The first-order valence-electron chi connectivity index (χ1n) is 8.84. The molecule has 146 valence electrons. The quantitative estimate of drug-likeness (QED) is 0.426. The van der Waals surface area contributed by atoms with Crippen LogP contribution in [-0.4, -0.2) is 15.7 Å². The van der Waals surface area contributed by atoms with Gasteiger partial charge in [-0.25, -0.2) is 4.90 Å². The normalized spacial score (nSPS) is 15.6. The molecule has 0 radical (unpaired) electrons. The van der Waals surface area contributed by atoms with Crippen LogP contribution < -0.4 is 4.90 Å². The maximum atomic E-state index is 12.9. The topological polar surface area (TPSA) is 42.3 Å². The predicted octanol–water partition coefficient (Wildman–Crippen LogP) is 6.64. The van der Waals surface area contributed by atoms with Crippen molar-refractivity contribution in [2.45, 2.75) is 13.8 Å². The average Bonchev–Trinajstić information content (AvgIpc) is 3.13. The molecule has 4 nitrogen and oxygen atoms in total. The van der Waals surface area contributed by atoms with Gasteiger partial charge in [-0.15, -0.1) is 0 Å². The Bertz CT molecular complexity index is 1170. The Kier molecular flexibility index (Phi) is 5.30. The summed E-state index contributed by atoms with van der Waals surface area (Å²) >= 11 is 13.2. The molecule has 0 atom stereocenters. The second kappa shape index (κ2) is 7.75. The van der Waals surface area contributed by atoms with Crippen molar-refractivity contribution in [3.05, 3.63) is 86.5 Å². The second-order valence-corrected chi connectivity index (χ2v) is 8.42. The lowest BCUT2D eigenvalue weighted by Gasteiger charge is -2.11. The number of aromatic nitrogens is 1. The highest BCUT2D eigenvalue weighted by Gasteiger charge is 2.36. The number of hydrogen-bond donors (Lipinski definition) is 0. The van der Waals surface area contributed by atoms with Crippen LogP contribution >= 0.6 is 35.0 Å². The Hall–Kier alpha value is -2.47. The molecule has 0 saturated carbocycles. The standard InChI is InChI=1S/C22H16Cl2N2O2S/c1-13-10-15(14(2)25(13)17-8-9-18(23)19(24)12-17)11-20-21(27)26(22(28)29-20)16-6-4-3-5-7-16/h3-12H,1-2H3/b20-11+. The third-order valence-corrected chi connectivity index (χ3v) is 6.33. The molecule has 3 aromatic rings. The summed E-state index contributed by atoms with van der Waals surface area (Å²) in [7, 11) is 0. The van der Waals surface area contributed by atoms with Crippen molar-refractivity contribution in [3.8, 4) is 5.69 Å². The average molecular weight is 443 g/mol. The zero-order valence-electron chi connectivity index (χ0n) is 15.6. The summed E-state index contributed by atoms with van der Waals surface area (Å²) in [5.74, 6) is -0.314. The minimum Gasteiger partial charge on any atom is -0.318 e. The van der Waals surface area contributed by atoms with Crippen LogP contribution in [0.5, 0.6) is 0 Å². The van der Waals surface area contributed by atoms with E-state index in [1.165, 1.54) is 4.90 Å². The fourth-order valence-electron chi connectivity index (χ4n) is 3.36. The van der Waals surface area contributed by atoms with E-state index in [0.717, 1.165) is 34.4 Å². The second-order valence-electron chi connectivity index (χ2n) is 6.61. The molecule has 1 aliphatic heterocycles. The fraction of sp³-hybridized carbons (Fsp3) is 0.0909. The first-order valence-corrected chi connectivity index (χ1v) is 10.4. The van der Waals surface area contributed by atoms with Crippen LogP contribution in [0.1, 0.15) is 17.0 Å². The number of anilines is 1. The molecule has 1 aliphatic rings. The summed E-state index contributed by atoms with van der Waals surface area (Å²) in [6, 6.07) is 16.4. The number of para-hydroxylation sites is 1. The Morgan fingerprint density at radius 1 is 0.897 bits per heavy atom. The number of hydrogen-bond acceptors (Lipinski definition) is 3. The zero-order chi connectivity index (χ0) is 20.7. The van der Waals surface area contributed by atoms with E-state index in [-0.39, 0.29) is 11.1 Å². The van der Waals surface area contributed by atoms with Crippen LogP contribution in [0.15, 0.2) is 59.5 Å². The molecule has 0 bridgehead atoms. The van der Waals surface area contributed by atoms with Crippen LogP contribution in [0.3, 0.4) is 0 Å². The Labute approximate surface area is 182 Å². The number of nitrogens with zero attached hydrogens (tertiary/aromatic N) is 2. The molecule has 1 saturated heterocycles. The number of imide groups is 1. The molecule has 0 spiro atoms. The van der Waals surface area contributed by atoms with Crippen LogP contribution in [0.4, 0.5) is 10.5 Å². The highest BCUT2D eigenvalue weighted by atomic mass is 35.5. The van der Waals surface area contributed by atoms with Crippen molar-refractivity contribution in [2.75, 3.05) is 4.90 Å². The Morgan fingerprint density at radius 2 is 1.62 bits per heavy atom. The number of halogens is 2. The highest BCUT2D eigenvalue weighted by Crippen LogP contribution is 2.36. The summed E-state index contributed by atoms with van der Waals surface area (Å²) in [4.78, 5) is 26.9. The van der Waals surface area contributed by atoms with Crippen LogP contribution in [0.2, 0.25) is 10.0 Å². The highest BCUT2D eigenvalue weighted by molar-refractivity contribution is 8.19. The SMILES string of the molecule is Cc1cc(/C=C2/SC(=O)N(c3ccccc3)C2=O)c(C)n1-c1ccc(Cl)c(Cl)c1. The van der Waals surface area contributed by atoms with Gasteiger partial charge in [-0.1, -0.05) is 41.4 Å². The number of carbonyl (C=O) groups is 2. The van der Waals surface area contributed by atoms with Gasteiger partial charge in [0.05, 0.1) is 20.6 Å². The summed E-state index contributed by atoms with van der Waals surface area (Å²) in [6.07, 6.45) is 1.77. The third-order valence-electron chi connectivity index (χ3n) is 4.73. The molecule has 0 aliphatic carbocycles. The smallest absolute Gasteiger partial charge is 0.298 e. The van der Waals surface area contributed by atoms with Gasteiger partial charge in [0, 0.05) is 17.1 Å². The predicted molar refractivity (Wildman–Crippen MR) is 120 cm³/mol. The van der Waals surface area contributed by atoms with Gasteiger partial charge in [-0.3, -0.25) is 9.59 Å². The number of benzene rings is 2. The van der Waals surface area contributed by atoms with Gasteiger partial charge in [0.2, 0.25) is 0 Å². The number of rotatable bonds is 3. The minimum absolute atomic E-state index is 0.300. The van der Waals surface area contributed by atoms with Crippen molar-refractivity contribution < 1.29 is 9.59 Å². The summed E-state index contributed by atoms with van der Waals surface area (Å²) in [5.41, 5.74) is 4.24. The Balaban J connectivity index is 1.71. The molecule has 2 heterocycles. The van der Waals surface area contributed by atoms with Crippen molar-refractivity contribution in [1.82, 2.24) is 4.57 Å². The largest absolute Gasteiger partial charge is 0.318 e. The number of aryl methyl sites for hydroxylation is 1. The van der Waals surface area contributed by atoms with Gasteiger partial charge in [0.15, 0.2) is 0 Å². The van der Waals surface area contributed by atoms with E-state index in [0.29, 0.717) is 20.6 Å². The molecule has 1 aromatic heterocycles. The number of amides is 2. The lowest BCUT2D eigenvalue weighted by molar-refractivity contribution is -0.113. The molecule has 0 unspecified atom stereocenters. The van der Waals surface area contributed by atoms with Crippen LogP contribution in [-0.2, 0) is 4.79 Å². The Morgan fingerprint density at radius 3 is 2.31 bits per heavy atom. The summed E-state index contributed by atoms with van der Waals surface area (Å²) < 4.78 is 2.04. The summed E-state index contributed by atoms with van der Waals surface area (Å²) in [5, 5.41) is 0.667. The monoisotopic (exact) mass is 442 g/mol. The van der Waals surface area contributed by atoms with Gasteiger partial charge < -0.3 is 4.57 Å². The van der Waals surface area contributed by atoms with E-state index >= 15 is 0 Å². The lowest BCUT2D eigenvalue weighted by atomic mass is 10.2. The molecular weight excluding hydrogens is 427 g/mol. The third kappa shape index (κ3) is 3.62. The molecule has 7 heteroatoms.